The van der Waals surface area contributed by atoms with E-state index in [1.54, 1.807) is 30.3 Å². The van der Waals surface area contributed by atoms with Gasteiger partial charge in [0.2, 0.25) is 0 Å². The quantitative estimate of drug-likeness (QED) is 0.299. The summed E-state index contributed by atoms with van der Waals surface area (Å²) in [6.07, 6.45) is 0. The summed E-state index contributed by atoms with van der Waals surface area (Å²) in [6.45, 7) is 0. The molecule has 0 fully saturated rings. The second kappa shape index (κ2) is 5.62. The van der Waals surface area contributed by atoms with Crippen molar-refractivity contribution in [3.8, 4) is 0 Å². The molecular formula is C20H11ClO3. The number of ketones is 1. The molecule has 1 aromatic heterocycles. The Morgan fingerprint density at radius 1 is 0.875 bits per heavy atom. The first-order chi connectivity index (χ1) is 11.6. The Morgan fingerprint density at radius 2 is 1.71 bits per heavy atom. The molecule has 0 N–H and O–H groups in total. The van der Waals surface area contributed by atoms with Crippen LogP contribution in [-0.4, -0.2) is 5.78 Å². The zero-order valence-electron chi connectivity index (χ0n) is 12.5. The van der Waals surface area contributed by atoms with Crippen molar-refractivity contribution in [2.45, 2.75) is 0 Å². The Kier molecular flexibility index (Phi) is 3.44. The molecule has 4 aromatic rings. The Balaban J connectivity index is 1.98. The van der Waals surface area contributed by atoms with Crippen molar-refractivity contribution in [3.63, 3.8) is 0 Å². The highest BCUT2D eigenvalue weighted by atomic mass is 35.5. The lowest BCUT2D eigenvalue weighted by atomic mass is 10.0. The van der Waals surface area contributed by atoms with E-state index in [1.165, 1.54) is 6.07 Å². The molecule has 24 heavy (non-hydrogen) atoms. The van der Waals surface area contributed by atoms with Gasteiger partial charge in [-0.3, -0.25) is 4.79 Å². The van der Waals surface area contributed by atoms with Crippen LogP contribution in [0.2, 0.25) is 5.02 Å². The molecule has 4 rings (SSSR count). The molecule has 0 amide bonds. The normalized spacial score (nSPS) is 11.0. The van der Waals surface area contributed by atoms with Crippen LogP contribution in [0.5, 0.6) is 0 Å². The topological polar surface area (TPSA) is 47.3 Å². The molecule has 116 valence electrons. The van der Waals surface area contributed by atoms with Crippen LogP contribution in [0.3, 0.4) is 0 Å². The smallest absolute Gasteiger partial charge is 0.347 e. The highest BCUT2D eigenvalue weighted by Crippen LogP contribution is 2.25. The molecule has 4 heteroatoms. The summed E-state index contributed by atoms with van der Waals surface area (Å²) in [5.41, 5.74) is 0.166. The minimum absolute atomic E-state index is 0.00104. The summed E-state index contributed by atoms with van der Waals surface area (Å²) < 4.78 is 5.36. The largest absolute Gasteiger partial charge is 0.422 e. The van der Waals surface area contributed by atoms with Crippen molar-refractivity contribution in [1.82, 2.24) is 0 Å². The average Bonchev–Trinajstić information content (AvgIpc) is 2.60. The van der Waals surface area contributed by atoms with E-state index >= 15 is 0 Å². The van der Waals surface area contributed by atoms with Gasteiger partial charge in [0.25, 0.3) is 0 Å². The van der Waals surface area contributed by atoms with Gasteiger partial charge in [-0.1, -0.05) is 54.1 Å². The minimum Gasteiger partial charge on any atom is -0.422 e. The van der Waals surface area contributed by atoms with Crippen LogP contribution < -0.4 is 5.63 Å². The van der Waals surface area contributed by atoms with E-state index < -0.39 is 11.4 Å². The maximum atomic E-state index is 12.7. The fraction of sp³-hybridized carbons (Fsp3) is 0. The molecule has 0 saturated carbocycles. The van der Waals surface area contributed by atoms with Gasteiger partial charge in [-0.05, 0) is 35.0 Å². The zero-order chi connectivity index (χ0) is 16.7. The summed E-state index contributed by atoms with van der Waals surface area (Å²) in [6, 6.07) is 19.5. The predicted molar refractivity (Wildman–Crippen MR) is 94.9 cm³/mol. The molecule has 0 radical (unpaired) electrons. The third kappa shape index (κ3) is 2.39. The molecule has 0 aliphatic rings. The molecular weight excluding hydrogens is 324 g/mol. The number of halogens is 1. The molecule has 0 saturated heterocycles. The van der Waals surface area contributed by atoms with Gasteiger partial charge in [0, 0.05) is 16.0 Å². The first-order valence-corrected chi connectivity index (χ1v) is 7.77. The van der Waals surface area contributed by atoms with Crippen LogP contribution in [0.1, 0.15) is 15.9 Å². The lowest BCUT2D eigenvalue weighted by Crippen LogP contribution is -2.14. The number of fused-ring (bicyclic) bond motifs is 3. The van der Waals surface area contributed by atoms with Gasteiger partial charge >= 0.3 is 5.63 Å². The summed E-state index contributed by atoms with van der Waals surface area (Å²) in [4.78, 5) is 24.9. The fourth-order valence-corrected chi connectivity index (χ4v) is 3.01. The lowest BCUT2D eigenvalue weighted by Gasteiger charge is -2.05. The number of rotatable bonds is 2. The van der Waals surface area contributed by atoms with Gasteiger partial charge < -0.3 is 4.42 Å². The van der Waals surface area contributed by atoms with Crippen LogP contribution in [0.4, 0.5) is 0 Å². The van der Waals surface area contributed by atoms with E-state index in [0.29, 0.717) is 16.2 Å². The van der Waals surface area contributed by atoms with Gasteiger partial charge in [-0.2, -0.15) is 0 Å². The van der Waals surface area contributed by atoms with E-state index in [4.69, 9.17) is 16.0 Å². The summed E-state index contributed by atoms with van der Waals surface area (Å²) >= 11 is 5.94. The molecule has 1 heterocycles. The molecule has 0 aliphatic heterocycles. The van der Waals surface area contributed by atoms with E-state index in [2.05, 4.69) is 0 Å². The average molecular weight is 335 g/mol. The number of benzene rings is 3. The van der Waals surface area contributed by atoms with Crippen LogP contribution in [0, 0.1) is 0 Å². The molecule has 0 spiro atoms. The third-order valence-electron chi connectivity index (χ3n) is 3.97. The molecule has 0 bridgehead atoms. The maximum absolute atomic E-state index is 12.7. The Labute approximate surface area is 142 Å². The number of hydrogen-bond acceptors (Lipinski definition) is 3. The standard InChI is InChI=1S/C20H11ClO3/c21-14-6-3-5-13(10-14)19(22)17-11-16-15-7-2-1-4-12(15)8-9-18(16)24-20(17)23/h1-11H. The van der Waals surface area contributed by atoms with Crippen LogP contribution in [0.15, 0.2) is 75.9 Å². The van der Waals surface area contributed by atoms with Gasteiger partial charge in [0.15, 0.2) is 5.78 Å². The number of carbonyl (C=O) groups excluding carboxylic acids is 1. The fourth-order valence-electron chi connectivity index (χ4n) is 2.82. The van der Waals surface area contributed by atoms with Gasteiger partial charge in [-0.25, -0.2) is 4.79 Å². The third-order valence-corrected chi connectivity index (χ3v) is 4.21. The highest BCUT2D eigenvalue weighted by molar-refractivity contribution is 6.31. The van der Waals surface area contributed by atoms with Crippen molar-refractivity contribution in [3.05, 3.63) is 93.3 Å². The lowest BCUT2D eigenvalue weighted by molar-refractivity contribution is 0.103. The van der Waals surface area contributed by atoms with E-state index in [0.717, 1.165) is 16.2 Å². The van der Waals surface area contributed by atoms with E-state index in [1.807, 2.05) is 30.3 Å². The molecule has 0 aliphatic carbocycles. The second-order valence-electron chi connectivity index (χ2n) is 5.49. The number of carbonyl (C=O) groups is 1. The minimum atomic E-state index is -0.650. The Bertz CT molecular complexity index is 1160. The Morgan fingerprint density at radius 3 is 2.54 bits per heavy atom. The van der Waals surface area contributed by atoms with Crippen molar-refractivity contribution in [2.75, 3.05) is 0 Å². The van der Waals surface area contributed by atoms with Crippen molar-refractivity contribution >= 4 is 39.1 Å². The molecule has 0 unspecified atom stereocenters. The second-order valence-corrected chi connectivity index (χ2v) is 5.92. The number of hydrogen-bond donors (Lipinski definition) is 0. The van der Waals surface area contributed by atoms with Crippen LogP contribution in [0.25, 0.3) is 21.7 Å². The van der Waals surface area contributed by atoms with Crippen molar-refractivity contribution < 1.29 is 9.21 Å². The van der Waals surface area contributed by atoms with Gasteiger partial charge in [0.05, 0.1) is 0 Å². The summed E-state index contributed by atoms with van der Waals surface area (Å²) in [7, 11) is 0. The van der Waals surface area contributed by atoms with Crippen LogP contribution in [-0.2, 0) is 0 Å². The molecule has 0 atom stereocenters. The van der Waals surface area contributed by atoms with Gasteiger partial charge in [0.1, 0.15) is 11.1 Å². The Hall–Kier alpha value is -2.91. The first kappa shape index (κ1) is 14.7. The first-order valence-electron chi connectivity index (χ1n) is 7.39. The van der Waals surface area contributed by atoms with Crippen molar-refractivity contribution in [1.29, 1.82) is 0 Å². The van der Waals surface area contributed by atoms with Crippen LogP contribution >= 0.6 is 11.6 Å². The van der Waals surface area contributed by atoms with E-state index in [-0.39, 0.29) is 5.56 Å². The maximum Gasteiger partial charge on any atom is 0.347 e. The summed E-state index contributed by atoms with van der Waals surface area (Å²) in [5, 5.41) is 3.12. The SMILES string of the molecule is O=C(c1cccc(Cl)c1)c1cc2c(ccc3ccccc32)oc1=O. The highest BCUT2D eigenvalue weighted by Gasteiger charge is 2.17. The van der Waals surface area contributed by atoms with Gasteiger partial charge in [-0.15, -0.1) is 0 Å². The molecule has 3 aromatic carbocycles. The zero-order valence-corrected chi connectivity index (χ0v) is 13.2. The molecule has 3 nitrogen and oxygen atoms in total. The summed E-state index contributed by atoms with van der Waals surface area (Å²) in [5.74, 6) is -0.402. The van der Waals surface area contributed by atoms with Crippen molar-refractivity contribution in [2.24, 2.45) is 0 Å². The predicted octanol–water partition coefficient (Wildman–Crippen LogP) is 4.83. The monoisotopic (exact) mass is 334 g/mol. The van der Waals surface area contributed by atoms with E-state index in [9.17, 15) is 9.59 Å².